The summed E-state index contributed by atoms with van der Waals surface area (Å²) in [5.74, 6) is 0.969. The number of halogens is 1. The van der Waals surface area contributed by atoms with E-state index in [0.717, 1.165) is 51.5 Å². The Morgan fingerprint density at radius 2 is 2.10 bits per heavy atom. The highest BCUT2D eigenvalue weighted by Gasteiger charge is 2.03. The molecule has 0 spiro atoms. The van der Waals surface area contributed by atoms with Crippen LogP contribution in [0.5, 0.6) is 0 Å². The highest BCUT2D eigenvalue weighted by atomic mass is 127. The van der Waals surface area contributed by atoms with Crippen LogP contribution < -0.4 is 10.6 Å². The Balaban J connectivity index is 0.00000200. The summed E-state index contributed by atoms with van der Waals surface area (Å²) in [5, 5.41) is 6.63. The number of aliphatic imine (C=N–C) groups is 1. The summed E-state index contributed by atoms with van der Waals surface area (Å²) in [7, 11) is 2.17. The summed E-state index contributed by atoms with van der Waals surface area (Å²) in [6.45, 7) is 5.07. The Kier molecular flexibility index (Phi) is 8.60. The Hall–Kier alpha value is -0.820. The maximum atomic E-state index is 4.39. The third-order valence-electron chi connectivity index (χ3n) is 3.20. The minimum Gasteiger partial charge on any atom is -0.356 e. The van der Waals surface area contributed by atoms with E-state index in [1.165, 1.54) is 5.56 Å². The smallest absolute Gasteiger partial charge is 0.191 e. The molecule has 0 saturated heterocycles. The van der Waals surface area contributed by atoms with Crippen molar-refractivity contribution in [3.05, 3.63) is 35.9 Å². The van der Waals surface area contributed by atoms with Gasteiger partial charge in [-0.2, -0.15) is 0 Å². The predicted molar refractivity (Wildman–Crippen MR) is 95.7 cm³/mol. The molecule has 0 aliphatic carbocycles. The van der Waals surface area contributed by atoms with Gasteiger partial charge in [-0.05, 0) is 32.0 Å². The minimum absolute atomic E-state index is 0. The van der Waals surface area contributed by atoms with Crippen molar-refractivity contribution in [1.82, 2.24) is 15.5 Å². The maximum absolute atomic E-state index is 4.39. The average molecular weight is 388 g/mol. The van der Waals surface area contributed by atoms with Crippen LogP contribution in [0, 0.1) is 0 Å². The molecule has 2 N–H and O–H groups in total. The molecule has 0 radical (unpaired) electrons. The van der Waals surface area contributed by atoms with Crippen LogP contribution >= 0.6 is 24.0 Å². The van der Waals surface area contributed by atoms with Crippen molar-refractivity contribution in [2.75, 3.05) is 33.2 Å². The number of nitrogens with zero attached hydrogens (tertiary/aromatic N) is 2. The van der Waals surface area contributed by atoms with Crippen LogP contribution in [-0.4, -0.2) is 44.1 Å². The summed E-state index contributed by atoms with van der Waals surface area (Å²) < 4.78 is 0. The molecular formula is C15H25IN4. The van der Waals surface area contributed by atoms with Crippen LogP contribution in [0.2, 0.25) is 0 Å². The number of nitrogens with one attached hydrogen (secondary N) is 2. The van der Waals surface area contributed by atoms with Crippen molar-refractivity contribution in [3.8, 4) is 0 Å². The molecule has 112 valence electrons. The van der Waals surface area contributed by atoms with Crippen LogP contribution in [0.4, 0.5) is 0 Å². The molecule has 0 unspecified atom stereocenters. The third kappa shape index (κ3) is 6.56. The Bertz CT molecular complexity index is 394. The quantitative estimate of drug-likeness (QED) is 0.579. The molecular weight excluding hydrogens is 363 g/mol. The highest BCUT2D eigenvalue weighted by molar-refractivity contribution is 14.0. The number of rotatable bonds is 6. The lowest BCUT2D eigenvalue weighted by atomic mass is 10.2. The zero-order chi connectivity index (χ0) is 13.3. The van der Waals surface area contributed by atoms with Crippen LogP contribution in [0.3, 0.4) is 0 Å². The molecule has 0 saturated carbocycles. The lowest BCUT2D eigenvalue weighted by Crippen LogP contribution is -2.41. The average Bonchev–Trinajstić information content (AvgIpc) is 2.46. The zero-order valence-electron chi connectivity index (χ0n) is 12.1. The summed E-state index contributed by atoms with van der Waals surface area (Å²) in [6, 6.07) is 10.6. The van der Waals surface area contributed by atoms with E-state index in [4.69, 9.17) is 0 Å². The van der Waals surface area contributed by atoms with E-state index < -0.39 is 0 Å². The van der Waals surface area contributed by atoms with Crippen molar-refractivity contribution < 1.29 is 0 Å². The van der Waals surface area contributed by atoms with Crippen molar-refractivity contribution in [2.24, 2.45) is 4.99 Å². The summed E-state index contributed by atoms with van der Waals surface area (Å²) in [6.07, 6.45) is 2.27. The fourth-order valence-electron chi connectivity index (χ4n) is 2.18. The van der Waals surface area contributed by atoms with E-state index in [-0.39, 0.29) is 24.0 Å². The zero-order valence-corrected chi connectivity index (χ0v) is 14.5. The number of hydrogen-bond donors (Lipinski definition) is 2. The molecule has 0 aromatic heterocycles. The summed E-state index contributed by atoms with van der Waals surface area (Å²) in [5.41, 5.74) is 1.37. The monoisotopic (exact) mass is 388 g/mol. The molecule has 2 rings (SSSR count). The molecule has 0 fully saturated rings. The van der Waals surface area contributed by atoms with Gasteiger partial charge in [0, 0.05) is 26.2 Å². The lowest BCUT2D eigenvalue weighted by molar-refractivity contribution is 0.322. The van der Waals surface area contributed by atoms with Gasteiger partial charge in [0.15, 0.2) is 5.96 Å². The second-order valence-corrected chi connectivity index (χ2v) is 5.01. The number of guanidine groups is 1. The van der Waals surface area contributed by atoms with Gasteiger partial charge >= 0.3 is 0 Å². The number of hydrogen-bond acceptors (Lipinski definition) is 4. The van der Waals surface area contributed by atoms with Gasteiger partial charge in [0.25, 0.3) is 0 Å². The molecule has 5 heteroatoms. The van der Waals surface area contributed by atoms with E-state index in [9.17, 15) is 0 Å². The van der Waals surface area contributed by atoms with Crippen LogP contribution in [0.15, 0.2) is 35.3 Å². The molecule has 0 atom stereocenters. The van der Waals surface area contributed by atoms with Crippen LogP contribution in [0.25, 0.3) is 0 Å². The first-order valence-corrected chi connectivity index (χ1v) is 7.09. The highest BCUT2D eigenvalue weighted by Crippen LogP contribution is 2.02. The maximum Gasteiger partial charge on any atom is 0.191 e. The molecule has 1 heterocycles. The van der Waals surface area contributed by atoms with E-state index in [1.807, 2.05) is 0 Å². The fraction of sp³-hybridized carbons (Fsp3) is 0.533. The fourth-order valence-corrected chi connectivity index (χ4v) is 2.18. The number of benzene rings is 1. The van der Waals surface area contributed by atoms with Gasteiger partial charge in [-0.1, -0.05) is 30.3 Å². The van der Waals surface area contributed by atoms with E-state index in [0.29, 0.717) is 0 Å². The molecule has 1 aliphatic heterocycles. The molecule has 1 aromatic carbocycles. The second kappa shape index (κ2) is 9.99. The molecule has 0 bridgehead atoms. The first kappa shape index (κ1) is 17.2. The summed E-state index contributed by atoms with van der Waals surface area (Å²) >= 11 is 0. The van der Waals surface area contributed by atoms with Gasteiger partial charge < -0.3 is 15.5 Å². The molecule has 0 amide bonds. The third-order valence-corrected chi connectivity index (χ3v) is 3.20. The molecule has 4 nitrogen and oxygen atoms in total. The van der Waals surface area contributed by atoms with Gasteiger partial charge in [0.1, 0.15) is 0 Å². The van der Waals surface area contributed by atoms with Crippen LogP contribution in [0.1, 0.15) is 18.4 Å². The normalized spacial score (nSPS) is 14.2. The van der Waals surface area contributed by atoms with Gasteiger partial charge in [-0.25, -0.2) is 0 Å². The Morgan fingerprint density at radius 1 is 1.30 bits per heavy atom. The van der Waals surface area contributed by atoms with Gasteiger partial charge in [-0.15, -0.1) is 24.0 Å². The second-order valence-electron chi connectivity index (χ2n) is 5.01. The largest absolute Gasteiger partial charge is 0.356 e. The first-order chi connectivity index (χ1) is 9.34. The van der Waals surface area contributed by atoms with Crippen molar-refractivity contribution in [1.29, 1.82) is 0 Å². The standard InChI is InChI=1S/C15H24N4.HI/c1-19(13-14-7-3-2-4-8-14)12-6-11-18-15-16-9-5-10-17-15;/h2-4,7-8H,5-6,9-13H2,1H3,(H2,16,17,18);1H. The SMILES string of the molecule is CN(CCCNC1=NCCCN1)Cc1ccccc1.I. The van der Waals surface area contributed by atoms with Gasteiger partial charge in [-0.3, -0.25) is 4.99 Å². The summed E-state index contributed by atoms with van der Waals surface area (Å²) in [4.78, 5) is 6.75. The van der Waals surface area contributed by atoms with Crippen LogP contribution in [-0.2, 0) is 6.54 Å². The van der Waals surface area contributed by atoms with Gasteiger partial charge in [0.2, 0.25) is 0 Å². The Labute approximate surface area is 139 Å². The molecule has 1 aliphatic rings. The lowest BCUT2D eigenvalue weighted by Gasteiger charge is -2.19. The minimum atomic E-state index is 0. The topological polar surface area (TPSA) is 39.7 Å². The van der Waals surface area contributed by atoms with Crippen molar-refractivity contribution in [3.63, 3.8) is 0 Å². The molecule has 20 heavy (non-hydrogen) atoms. The predicted octanol–water partition coefficient (Wildman–Crippen LogP) is 2.07. The molecule has 1 aromatic rings. The first-order valence-electron chi connectivity index (χ1n) is 7.09. The Morgan fingerprint density at radius 3 is 2.80 bits per heavy atom. The van der Waals surface area contributed by atoms with Gasteiger partial charge in [0.05, 0.1) is 0 Å². The van der Waals surface area contributed by atoms with E-state index in [1.54, 1.807) is 0 Å². The van der Waals surface area contributed by atoms with Crippen molar-refractivity contribution >= 4 is 29.9 Å². The van der Waals surface area contributed by atoms with Crippen molar-refractivity contribution in [2.45, 2.75) is 19.4 Å². The van der Waals surface area contributed by atoms with E-state index >= 15 is 0 Å². The van der Waals surface area contributed by atoms with E-state index in [2.05, 4.69) is 57.9 Å².